The molecule has 0 heterocycles. The second-order valence-electron chi connectivity index (χ2n) is 5.31. The second-order valence-corrected chi connectivity index (χ2v) is 5.31. The second kappa shape index (κ2) is 23.8. The number of rotatable bonds is 16. The van der Waals surface area contributed by atoms with Crippen molar-refractivity contribution in [1.82, 2.24) is 10.6 Å². The van der Waals surface area contributed by atoms with Gasteiger partial charge in [-0.3, -0.25) is 9.59 Å². The molecule has 0 saturated carbocycles. The number of ether oxygens (including phenoxy) is 4. The summed E-state index contributed by atoms with van der Waals surface area (Å²) in [6.45, 7) is 12.1. The number of hydrogen-bond acceptors (Lipinski definition) is 6. The third kappa shape index (κ3) is 27.6. The van der Waals surface area contributed by atoms with Gasteiger partial charge in [-0.2, -0.15) is 0 Å². The Morgan fingerprint density at radius 2 is 1.19 bits per heavy atom. The monoisotopic (exact) mass is 382 g/mol. The van der Waals surface area contributed by atoms with E-state index in [9.17, 15) is 9.59 Å². The van der Waals surface area contributed by atoms with Gasteiger partial charge < -0.3 is 29.6 Å². The molecule has 8 nitrogen and oxygen atoms in total. The molecule has 0 aromatic carbocycles. The van der Waals surface area contributed by atoms with Crippen LogP contribution in [-0.2, 0) is 28.5 Å². The van der Waals surface area contributed by atoms with Crippen LogP contribution in [0.2, 0.25) is 0 Å². The first kappa shape index (κ1) is 27.0. The van der Waals surface area contributed by atoms with Crippen LogP contribution in [0.1, 0.15) is 43.4 Å². The number of carbonyl (C=O) groups excluding carboxylic acids is 2. The maximum Gasteiger partial charge on any atom is 0.246 e. The van der Waals surface area contributed by atoms with Crippen LogP contribution in [0.25, 0.3) is 0 Å². The summed E-state index contributed by atoms with van der Waals surface area (Å²) in [7, 11) is 0. The average molecular weight is 383 g/mol. The summed E-state index contributed by atoms with van der Waals surface area (Å²) >= 11 is 0. The molecular weight excluding hydrogens is 340 g/mol. The summed E-state index contributed by atoms with van der Waals surface area (Å²) in [6.07, 6.45) is 2.64. The van der Waals surface area contributed by atoms with Gasteiger partial charge in [-0.25, -0.2) is 0 Å². The van der Waals surface area contributed by atoms with Crippen molar-refractivity contribution in [2.45, 2.75) is 40.5 Å². The summed E-state index contributed by atoms with van der Waals surface area (Å²) < 4.78 is 20.8. The van der Waals surface area contributed by atoms with Crippen LogP contribution < -0.4 is 10.6 Å². The quantitative estimate of drug-likeness (QED) is 0.394. The number of carbonyl (C=O) groups is 2. The number of unbranched alkanes of at least 4 members (excludes halogenated alkanes) is 1. The maximum absolute atomic E-state index is 11.2. The Kier molecular flexibility index (Phi) is 24.7. The highest BCUT2D eigenvalue weighted by atomic mass is 16.5. The van der Waals surface area contributed by atoms with E-state index < -0.39 is 0 Å². The minimum atomic E-state index is -0.141. The van der Waals surface area contributed by atoms with E-state index in [1.54, 1.807) is 0 Å². The molecule has 0 aliphatic carbocycles. The number of nitrogens with one attached hydrogen (secondary N) is 2. The Labute approximate surface area is 161 Å². The molecule has 0 rings (SSSR count). The summed E-state index contributed by atoms with van der Waals surface area (Å²) in [5.41, 5.74) is 0. The summed E-state index contributed by atoms with van der Waals surface area (Å²) in [6, 6.07) is 0. The van der Waals surface area contributed by atoms with E-state index in [1.807, 2.05) is 6.92 Å². The SMILES string of the molecule is CCCC.CCOCC(=O)NCCOCCOCCOCCNC(C)=O.[HH].[HH]. The Morgan fingerprint density at radius 3 is 1.62 bits per heavy atom. The highest BCUT2D eigenvalue weighted by Crippen LogP contribution is 1.81. The van der Waals surface area contributed by atoms with Crippen molar-refractivity contribution in [2.24, 2.45) is 0 Å². The smallest absolute Gasteiger partial charge is 0.246 e. The fourth-order valence-electron chi connectivity index (χ4n) is 1.35. The first-order valence-corrected chi connectivity index (χ1v) is 9.40. The molecule has 2 amide bonds. The molecule has 8 heteroatoms. The normalized spacial score (nSPS) is 10.0. The number of amides is 2. The summed E-state index contributed by atoms with van der Waals surface area (Å²) in [5, 5.41) is 5.31. The molecule has 0 aliphatic rings. The lowest BCUT2D eigenvalue weighted by Gasteiger charge is -2.08. The van der Waals surface area contributed by atoms with E-state index in [2.05, 4.69) is 24.5 Å². The van der Waals surface area contributed by atoms with Gasteiger partial charge in [0.2, 0.25) is 11.8 Å². The third-order valence-electron chi connectivity index (χ3n) is 2.87. The molecule has 0 aromatic rings. The Balaban J connectivity index is -0.000000435. The first-order chi connectivity index (χ1) is 12.6. The molecule has 26 heavy (non-hydrogen) atoms. The fourth-order valence-corrected chi connectivity index (χ4v) is 1.35. The maximum atomic E-state index is 11.2. The zero-order valence-electron chi connectivity index (χ0n) is 16.9. The zero-order valence-corrected chi connectivity index (χ0v) is 16.9. The molecule has 0 spiro atoms. The van der Waals surface area contributed by atoms with Crippen molar-refractivity contribution in [3.8, 4) is 0 Å². The summed E-state index contributed by atoms with van der Waals surface area (Å²) in [5.74, 6) is -0.204. The summed E-state index contributed by atoms with van der Waals surface area (Å²) in [4.78, 5) is 21.7. The van der Waals surface area contributed by atoms with Crippen molar-refractivity contribution in [1.29, 1.82) is 0 Å². The van der Waals surface area contributed by atoms with Crippen LogP contribution in [0.5, 0.6) is 0 Å². The lowest BCUT2D eigenvalue weighted by molar-refractivity contribution is -0.125. The van der Waals surface area contributed by atoms with Gasteiger partial charge in [0.15, 0.2) is 0 Å². The molecule has 2 N–H and O–H groups in total. The van der Waals surface area contributed by atoms with Crippen LogP contribution in [0, 0.1) is 0 Å². The van der Waals surface area contributed by atoms with Crippen LogP contribution in [0.4, 0.5) is 0 Å². The van der Waals surface area contributed by atoms with E-state index in [4.69, 9.17) is 18.9 Å². The molecular formula is C18H42N2O6. The van der Waals surface area contributed by atoms with Gasteiger partial charge in [0.25, 0.3) is 0 Å². The highest BCUT2D eigenvalue weighted by molar-refractivity contribution is 5.77. The van der Waals surface area contributed by atoms with E-state index in [0.717, 1.165) is 0 Å². The van der Waals surface area contributed by atoms with E-state index >= 15 is 0 Å². The Morgan fingerprint density at radius 1 is 0.731 bits per heavy atom. The van der Waals surface area contributed by atoms with Crippen molar-refractivity contribution in [3.05, 3.63) is 0 Å². The van der Waals surface area contributed by atoms with Crippen LogP contribution in [0.3, 0.4) is 0 Å². The van der Waals surface area contributed by atoms with Gasteiger partial charge in [0, 0.05) is 29.5 Å². The van der Waals surface area contributed by atoms with Gasteiger partial charge in [-0.05, 0) is 6.92 Å². The topological polar surface area (TPSA) is 95.1 Å². The van der Waals surface area contributed by atoms with E-state index in [-0.39, 0.29) is 21.3 Å². The standard InChI is InChI=1S/C14H28N2O6.C4H10.2H2/c1-3-19-12-14(18)16-5-7-21-9-11-22-10-8-20-6-4-15-13(2)17;1-3-4-2;;/h3-12H2,1-2H3,(H,15,17)(H,16,18);3-4H2,1-2H3;2*1H. The molecule has 0 bridgehead atoms. The molecule has 0 aliphatic heterocycles. The van der Waals surface area contributed by atoms with E-state index in [1.165, 1.54) is 19.8 Å². The predicted molar refractivity (Wildman–Crippen MR) is 105 cm³/mol. The Bertz CT molecular complexity index is 324. The van der Waals surface area contributed by atoms with Gasteiger partial charge in [0.1, 0.15) is 6.61 Å². The number of hydrogen-bond donors (Lipinski definition) is 2. The lowest BCUT2D eigenvalue weighted by Crippen LogP contribution is -2.30. The Hall–Kier alpha value is -1.22. The van der Waals surface area contributed by atoms with Crippen molar-refractivity contribution in [3.63, 3.8) is 0 Å². The molecule has 0 unspecified atom stereocenters. The molecule has 0 atom stereocenters. The van der Waals surface area contributed by atoms with Crippen molar-refractivity contribution >= 4 is 11.8 Å². The van der Waals surface area contributed by atoms with Gasteiger partial charge in [0.05, 0.1) is 39.6 Å². The fraction of sp³-hybridized carbons (Fsp3) is 0.889. The van der Waals surface area contributed by atoms with Crippen molar-refractivity contribution in [2.75, 3.05) is 65.9 Å². The molecule has 0 fully saturated rings. The van der Waals surface area contributed by atoms with E-state index in [0.29, 0.717) is 59.3 Å². The highest BCUT2D eigenvalue weighted by Gasteiger charge is 1.99. The van der Waals surface area contributed by atoms with Crippen LogP contribution in [0.15, 0.2) is 0 Å². The average Bonchev–Trinajstić information content (AvgIpc) is 2.63. The lowest BCUT2D eigenvalue weighted by atomic mass is 10.4. The van der Waals surface area contributed by atoms with Gasteiger partial charge in [-0.1, -0.05) is 26.7 Å². The third-order valence-corrected chi connectivity index (χ3v) is 2.87. The molecule has 0 radical (unpaired) electrons. The molecule has 160 valence electrons. The molecule has 0 saturated heterocycles. The first-order valence-electron chi connectivity index (χ1n) is 9.40. The van der Waals surface area contributed by atoms with Crippen LogP contribution >= 0.6 is 0 Å². The zero-order chi connectivity index (χ0) is 19.9. The minimum absolute atomic E-state index is 0. The van der Waals surface area contributed by atoms with Crippen LogP contribution in [-0.4, -0.2) is 77.8 Å². The van der Waals surface area contributed by atoms with Gasteiger partial charge >= 0.3 is 0 Å². The van der Waals surface area contributed by atoms with Crippen molar-refractivity contribution < 1.29 is 31.4 Å². The predicted octanol–water partition coefficient (Wildman–Crippen LogP) is 1.62. The largest absolute Gasteiger partial charge is 0.377 e. The minimum Gasteiger partial charge on any atom is -0.377 e. The molecule has 0 aromatic heterocycles. The van der Waals surface area contributed by atoms with Gasteiger partial charge in [-0.15, -0.1) is 0 Å².